The molecule has 1 saturated heterocycles. The van der Waals surface area contributed by atoms with Gasteiger partial charge in [0.15, 0.2) is 5.76 Å². The smallest absolute Gasteiger partial charge is 0.352 e. The Balaban J connectivity index is 1.53. The quantitative estimate of drug-likeness (QED) is 0.235. The average molecular weight is 498 g/mol. The number of carboxylic acids is 1. The van der Waals surface area contributed by atoms with Gasteiger partial charge in [-0.25, -0.2) is 9.48 Å². The monoisotopic (exact) mass is 497 g/mol. The summed E-state index contributed by atoms with van der Waals surface area (Å²) in [6, 6.07) is 0. The summed E-state index contributed by atoms with van der Waals surface area (Å²) in [5.74, 6) is -2.20. The summed E-state index contributed by atoms with van der Waals surface area (Å²) in [6.45, 7) is 1.54. The number of nitrogens with one attached hydrogen (secondary N) is 1. The molecule has 0 aliphatic carbocycles. The van der Waals surface area contributed by atoms with E-state index in [1.807, 2.05) is 0 Å². The molecule has 16 heteroatoms. The molecule has 0 aromatic carbocycles. The second-order valence-corrected chi connectivity index (χ2v) is 9.20. The number of rotatable bonds is 8. The van der Waals surface area contributed by atoms with Crippen LogP contribution in [0.4, 0.5) is 0 Å². The van der Waals surface area contributed by atoms with E-state index in [9.17, 15) is 24.6 Å². The number of aromatic hydroxyl groups is 1. The average Bonchev–Trinajstić information content (AvgIpc) is 3.34. The van der Waals surface area contributed by atoms with E-state index >= 15 is 0 Å². The molecular weight excluding hydrogens is 478 g/mol. The van der Waals surface area contributed by atoms with Gasteiger partial charge in [-0.05, 0) is 28.1 Å². The molecular formula is C17H19N7O7S2. The lowest BCUT2D eigenvalue weighted by atomic mass is 9.98. The molecule has 14 nitrogen and oxygen atoms in total. The lowest BCUT2D eigenvalue weighted by Crippen LogP contribution is -2.80. The van der Waals surface area contributed by atoms with Crippen molar-refractivity contribution in [2.75, 3.05) is 18.6 Å². The van der Waals surface area contributed by atoms with E-state index in [0.29, 0.717) is 22.0 Å². The Labute approximate surface area is 194 Å². The normalized spacial score (nSPS) is 22.2. The van der Waals surface area contributed by atoms with Crippen molar-refractivity contribution in [3.8, 4) is 5.88 Å². The predicted octanol–water partition coefficient (Wildman–Crippen LogP) is -0.740. The summed E-state index contributed by atoms with van der Waals surface area (Å²) < 4.78 is 11.8. The second kappa shape index (κ2) is 8.68. The number of tetrazole rings is 1. The van der Waals surface area contributed by atoms with E-state index in [2.05, 4.69) is 26.0 Å². The minimum Gasteiger partial charge on any atom is -0.491 e. The molecule has 0 saturated carbocycles. The molecule has 2 aliphatic rings. The van der Waals surface area contributed by atoms with Gasteiger partial charge in [-0.15, -0.1) is 16.9 Å². The Morgan fingerprint density at radius 2 is 2.21 bits per heavy atom. The number of hydrogen-bond acceptors (Lipinski definition) is 12. The highest BCUT2D eigenvalue weighted by Crippen LogP contribution is 2.47. The van der Waals surface area contributed by atoms with Crippen LogP contribution >= 0.6 is 23.5 Å². The number of aliphatic carboxylic acids is 1. The maximum Gasteiger partial charge on any atom is 0.352 e. The van der Waals surface area contributed by atoms with Crippen molar-refractivity contribution in [2.45, 2.75) is 29.6 Å². The van der Waals surface area contributed by atoms with Crippen molar-refractivity contribution in [1.29, 1.82) is 0 Å². The number of nitrogens with zero attached hydrogens (tertiary/aromatic N) is 6. The first kappa shape index (κ1) is 23.1. The number of methoxy groups -OCH3 is 1. The third-order valence-corrected chi connectivity index (χ3v) is 7.70. The first-order valence-electron chi connectivity index (χ1n) is 9.45. The third-order valence-electron chi connectivity index (χ3n) is 5.23. The van der Waals surface area contributed by atoms with Gasteiger partial charge in [0.1, 0.15) is 11.1 Å². The summed E-state index contributed by atoms with van der Waals surface area (Å²) in [5.41, 5.74) is -1.05. The van der Waals surface area contributed by atoms with E-state index in [0.717, 1.165) is 4.90 Å². The number of aryl methyl sites for hydroxylation is 1. The van der Waals surface area contributed by atoms with E-state index < -0.39 is 28.9 Å². The fraction of sp³-hybridized carbons (Fsp3) is 0.471. The Hall–Kier alpha value is -3.11. The van der Waals surface area contributed by atoms with Crippen LogP contribution in [-0.4, -0.2) is 88.0 Å². The number of amides is 2. The number of hydrogen-bond donors (Lipinski definition) is 3. The molecule has 2 aromatic heterocycles. The second-order valence-electron chi connectivity index (χ2n) is 7.19. The third kappa shape index (κ3) is 3.83. The zero-order valence-electron chi connectivity index (χ0n) is 17.6. The van der Waals surface area contributed by atoms with Crippen LogP contribution in [0.15, 0.2) is 20.9 Å². The Morgan fingerprint density at radius 3 is 2.79 bits per heavy atom. The zero-order valence-corrected chi connectivity index (χ0v) is 19.3. The molecule has 0 unspecified atom stereocenters. The topological polar surface area (TPSA) is 186 Å². The molecule has 4 rings (SSSR count). The molecule has 0 bridgehead atoms. The molecule has 4 heterocycles. The molecule has 0 radical (unpaired) electrons. The molecule has 2 amide bonds. The molecule has 176 valence electrons. The number of carbonyl (C=O) groups excluding carboxylic acids is 2. The molecule has 2 aromatic rings. The lowest BCUT2D eigenvalue weighted by molar-refractivity contribution is -0.192. The summed E-state index contributed by atoms with van der Waals surface area (Å²) in [6.07, 6.45) is -0.287. The van der Waals surface area contributed by atoms with Crippen molar-refractivity contribution in [3.63, 3.8) is 0 Å². The maximum atomic E-state index is 13.1. The van der Waals surface area contributed by atoms with Crippen molar-refractivity contribution >= 4 is 41.3 Å². The standard InChI is InChI=1S/C17H19N7O7S2/c1-7-9(31-20-12(7)26)4-10(25)18-17(30-3)14(29)24-11(13(27)28)8(5-32-15(17)24)6-33-16-19-21-22-23(16)2/h15H,4-6H2,1-3H3,(H,18,25)(H,20,26)(H,27,28)/t15-,17+/m1/s1. The van der Waals surface area contributed by atoms with Crippen molar-refractivity contribution < 1.29 is 33.9 Å². The van der Waals surface area contributed by atoms with Gasteiger partial charge in [-0.2, -0.15) is 0 Å². The first-order valence-corrected chi connectivity index (χ1v) is 11.5. The maximum absolute atomic E-state index is 13.1. The van der Waals surface area contributed by atoms with E-state index in [-0.39, 0.29) is 29.5 Å². The van der Waals surface area contributed by atoms with Crippen LogP contribution in [0.3, 0.4) is 0 Å². The van der Waals surface area contributed by atoms with Crippen molar-refractivity contribution in [2.24, 2.45) is 7.05 Å². The number of carbonyl (C=O) groups is 3. The van der Waals surface area contributed by atoms with Gasteiger partial charge in [0.2, 0.25) is 11.1 Å². The van der Waals surface area contributed by atoms with Gasteiger partial charge in [-0.1, -0.05) is 11.8 Å². The predicted molar refractivity (Wildman–Crippen MR) is 112 cm³/mol. The van der Waals surface area contributed by atoms with Crippen LogP contribution in [0.25, 0.3) is 0 Å². The van der Waals surface area contributed by atoms with E-state index in [4.69, 9.17) is 9.26 Å². The molecule has 2 atom stereocenters. The van der Waals surface area contributed by atoms with Crippen molar-refractivity contribution in [1.82, 2.24) is 35.6 Å². The van der Waals surface area contributed by atoms with Gasteiger partial charge >= 0.3 is 5.97 Å². The molecule has 0 spiro atoms. The molecule has 2 aliphatic heterocycles. The highest BCUT2D eigenvalue weighted by Gasteiger charge is 2.66. The van der Waals surface area contributed by atoms with Crippen LogP contribution in [0.1, 0.15) is 11.3 Å². The zero-order chi connectivity index (χ0) is 23.9. The Morgan fingerprint density at radius 1 is 1.45 bits per heavy atom. The van der Waals surface area contributed by atoms with Gasteiger partial charge in [0, 0.05) is 25.7 Å². The van der Waals surface area contributed by atoms with Crippen molar-refractivity contribution in [3.05, 3.63) is 22.6 Å². The SMILES string of the molecule is CO[C@@]1(NC(=O)Cc2onc(O)c2C)C(=O)N2C(C(=O)O)=C(CSc3nnnn3C)CS[C@@H]21. The fourth-order valence-corrected chi connectivity index (χ4v) is 5.90. The molecule has 1 fully saturated rings. The number of fused-ring (bicyclic) bond motifs is 1. The first-order chi connectivity index (χ1) is 15.7. The summed E-state index contributed by atoms with van der Waals surface area (Å²) in [7, 11) is 2.93. The fourth-order valence-electron chi connectivity index (χ4n) is 3.47. The number of carboxylic acid groups (broad SMARTS) is 1. The summed E-state index contributed by atoms with van der Waals surface area (Å²) in [5, 5.41) is 36.1. The van der Waals surface area contributed by atoms with Gasteiger partial charge < -0.3 is 24.8 Å². The molecule has 3 N–H and O–H groups in total. The van der Waals surface area contributed by atoms with E-state index in [1.165, 1.54) is 42.2 Å². The largest absolute Gasteiger partial charge is 0.491 e. The highest BCUT2D eigenvalue weighted by atomic mass is 32.2. The summed E-state index contributed by atoms with van der Waals surface area (Å²) >= 11 is 2.52. The number of β-lactam (4-membered cyclic amide) rings is 1. The van der Waals surface area contributed by atoms with Gasteiger partial charge in [0.25, 0.3) is 17.5 Å². The summed E-state index contributed by atoms with van der Waals surface area (Å²) in [4.78, 5) is 38.9. The van der Waals surface area contributed by atoms with Crippen LogP contribution in [0.5, 0.6) is 5.88 Å². The minimum atomic E-state index is -1.73. The van der Waals surface area contributed by atoms with Crippen LogP contribution < -0.4 is 5.32 Å². The van der Waals surface area contributed by atoms with Gasteiger partial charge in [0.05, 0.1) is 12.0 Å². The lowest BCUT2D eigenvalue weighted by Gasteiger charge is -2.55. The Kier molecular flexibility index (Phi) is 6.06. The Bertz CT molecular complexity index is 1160. The number of aromatic nitrogens is 5. The van der Waals surface area contributed by atoms with Crippen LogP contribution in [0.2, 0.25) is 0 Å². The highest BCUT2D eigenvalue weighted by molar-refractivity contribution is 8.01. The van der Waals surface area contributed by atoms with E-state index in [1.54, 1.807) is 7.05 Å². The van der Waals surface area contributed by atoms with Gasteiger partial charge in [-0.3, -0.25) is 14.5 Å². The number of ether oxygens (including phenoxy) is 1. The molecule has 33 heavy (non-hydrogen) atoms. The number of thioether (sulfide) groups is 2. The van der Waals surface area contributed by atoms with Crippen LogP contribution in [-0.2, 0) is 32.6 Å². The minimum absolute atomic E-state index is 0.139. The van der Waals surface area contributed by atoms with Crippen LogP contribution in [0, 0.1) is 6.92 Å².